The van der Waals surface area contributed by atoms with E-state index in [9.17, 15) is 27.6 Å². The molecule has 0 spiro atoms. The number of amides is 4. The highest BCUT2D eigenvalue weighted by Crippen LogP contribution is 2.20. The Morgan fingerprint density at radius 1 is 0.800 bits per heavy atom. The van der Waals surface area contributed by atoms with Crippen LogP contribution in [0, 0.1) is 0 Å². The normalized spacial score (nSPS) is 11.2. The summed E-state index contributed by atoms with van der Waals surface area (Å²) in [6, 6.07) is 26.0. The van der Waals surface area contributed by atoms with E-state index in [1.807, 2.05) is 0 Å². The van der Waals surface area contributed by atoms with Crippen LogP contribution in [0.4, 0.5) is 11.4 Å². The van der Waals surface area contributed by atoms with E-state index in [4.69, 9.17) is 4.42 Å². The van der Waals surface area contributed by atoms with Gasteiger partial charge in [0.1, 0.15) is 11.5 Å². The topological polar surface area (TPSA) is 179 Å². The molecule has 13 nitrogen and oxygen atoms in total. The third kappa shape index (κ3) is 9.71. The molecule has 232 valence electrons. The minimum atomic E-state index is -4.12. The maximum atomic E-state index is 13.5. The third-order valence-electron chi connectivity index (χ3n) is 6.06. The molecule has 0 saturated heterocycles. The molecule has 0 unspecified atom stereocenters. The van der Waals surface area contributed by atoms with E-state index in [2.05, 4.69) is 26.5 Å². The Morgan fingerprint density at radius 2 is 1.44 bits per heavy atom. The zero-order valence-electron chi connectivity index (χ0n) is 24.1. The van der Waals surface area contributed by atoms with Gasteiger partial charge in [-0.1, -0.05) is 48.5 Å². The van der Waals surface area contributed by atoms with Gasteiger partial charge in [-0.15, -0.1) is 0 Å². The summed E-state index contributed by atoms with van der Waals surface area (Å²) in [7, 11) is -4.12. The number of hydrogen-bond acceptors (Lipinski definition) is 8. The Bertz CT molecular complexity index is 1770. The van der Waals surface area contributed by atoms with Crippen LogP contribution in [-0.2, 0) is 42.3 Å². The molecule has 0 aliphatic heterocycles. The Kier molecular flexibility index (Phi) is 10.9. The number of para-hydroxylation sites is 1. The first-order valence-electron chi connectivity index (χ1n) is 13.6. The minimum Gasteiger partial charge on any atom is -0.458 e. The summed E-state index contributed by atoms with van der Waals surface area (Å²) in [5.41, 5.74) is 3.87. The van der Waals surface area contributed by atoms with E-state index >= 15 is 0 Å². The second-order valence-electron chi connectivity index (χ2n) is 9.56. The Hall–Kier alpha value is -5.60. The van der Waals surface area contributed by atoms with E-state index in [-0.39, 0.29) is 29.7 Å². The van der Waals surface area contributed by atoms with Gasteiger partial charge in [-0.3, -0.25) is 19.2 Å². The maximum absolute atomic E-state index is 13.5. The first-order valence-corrected chi connectivity index (χ1v) is 15.0. The molecule has 4 rings (SSSR count). The monoisotopic (exact) mass is 630 g/mol. The van der Waals surface area contributed by atoms with Crippen molar-refractivity contribution < 1.29 is 32.0 Å². The van der Waals surface area contributed by atoms with Gasteiger partial charge in [-0.25, -0.2) is 13.8 Å². The molecule has 4 amide bonds. The highest BCUT2D eigenvalue weighted by Gasteiger charge is 2.27. The summed E-state index contributed by atoms with van der Waals surface area (Å²) in [4.78, 5) is 48.2. The van der Waals surface area contributed by atoms with E-state index in [1.165, 1.54) is 43.5 Å². The van der Waals surface area contributed by atoms with Crippen LogP contribution < -0.4 is 21.4 Å². The summed E-state index contributed by atoms with van der Waals surface area (Å²) in [6.45, 7) is 0.653. The molecule has 3 aromatic carbocycles. The van der Waals surface area contributed by atoms with Crippen molar-refractivity contribution in [3.63, 3.8) is 0 Å². The summed E-state index contributed by atoms with van der Waals surface area (Å²) in [6.07, 6.45) is 1.21. The molecule has 1 aromatic heterocycles. The average Bonchev–Trinajstić information content (AvgIpc) is 3.48. The molecule has 4 N–H and O–H groups in total. The van der Waals surface area contributed by atoms with Crippen LogP contribution >= 0.6 is 0 Å². The van der Waals surface area contributed by atoms with Crippen LogP contribution in [-0.4, -0.2) is 49.1 Å². The van der Waals surface area contributed by atoms with Gasteiger partial charge in [-0.2, -0.15) is 9.41 Å². The lowest BCUT2D eigenvalue weighted by Crippen LogP contribution is -2.39. The van der Waals surface area contributed by atoms with Gasteiger partial charge in [0.05, 0.1) is 24.2 Å². The molecule has 0 bridgehead atoms. The van der Waals surface area contributed by atoms with Crippen LogP contribution in [0.5, 0.6) is 0 Å². The number of rotatable bonds is 12. The zero-order valence-corrected chi connectivity index (χ0v) is 24.9. The van der Waals surface area contributed by atoms with Crippen molar-refractivity contribution in [2.24, 2.45) is 5.10 Å². The first-order chi connectivity index (χ1) is 21.6. The average molecular weight is 631 g/mol. The fourth-order valence-corrected chi connectivity index (χ4v) is 5.34. The predicted molar refractivity (Wildman–Crippen MR) is 166 cm³/mol. The van der Waals surface area contributed by atoms with E-state index in [1.54, 1.807) is 66.7 Å². The van der Waals surface area contributed by atoms with Crippen molar-refractivity contribution in [3.05, 3.63) is 114 Å². The molecule has 4 aromatic rings. The maximum Gasteiger partial charge on any atom is 0.313 e. The second-order valence-corrected chi connectivity index (χ2v) is 11.5. The van der Waals surface area contributed by atoms with Crippen molar-refractivity contribution in [2.75, 3.05) is 17.2 Å². The molecule has 0 aliphatic carbocycles. The lowest BCUT2D eigenvalue weighted by Gasteiger charge is -2.21. The summed E-state index contributed by atoms with van der Waals surface area (Å²) in [5, 5.41) is 11.4. The van der Waals surface area contributed by atoms with Gasteiger partial charge in [0.25, 0.3) is 5.91 Å². The van der Waals surface area contributed by atoms with Crippen LogP contribution in [0.1, 0.15) is 24.0 Å². The molecule has 0 aliphatic rings. The van der Waals surface area contributed by atoms with Crippen molar-refractivity contribution in [1.29, 1.82) is 0 Å². The van der Waals surface area contributed by atoms with E-state index < -0.39 is 34.3 Å². The number of anilines is 2. The highest BCUT2D eigenvalue weighted by atomic mass is 32.2. The van der Waals surface area contributed by atoms with Gasteiger partial charge >= 0.3 is 11.8 Å². The third-order valence-corrected chi connectivity index (χ3v) is 7.86. The SMILES string of the molecule is CC(=O)Nc1ccc(S(=O)(=O)N(CC(=O)N/N=C\c2ccc(CNC(=O)C(=O)Nc3ccccc3)o2)Cc2ccccc2)cc1. The standard InChI is InChI=1S/C31H30N6O7S/c1-22(38)34-25-12-16-28(17-13-25)45(42,43)37(20-23-8-4-2-5-9-23)21-29(39)36-33-19-27-15-14-26(44-27)18-32-30(40)31(41)35-24-10-6-3-7-11-24/h2-17,19H,18,20-21H2,1H3,(H,32,40)(H,34,38)(H,35,41)(H,36,39)/b33-19-. The fraction of sp³-hybridized carbons (Fsp3) is 0.129. The molecule has 0 fully saturated rings. The Labute approximate surface area is 259 Å². The molecule has 45 heavy (non-hydrogen) atoms. The number of furan rings is 1. The quantitative estimate of drug-likeness (QED) is 0.106. The Balaban J connectivity index is 1.34. The van der Waals surface area contributed by atoms with Crippen molar-refractivity contribution in [2.45, 2.75) is 24.9 Å². The van der Waals surface area contributed by atoms with Crippen molar-refractivity contribution in [1.82, 2.24) is 15.0 Å². The predicted octanol–water partition coefficient (Wildman–Crippen LogP) is 2.83. The van der Waals surface area contributed by atoms with Gasteiger partial charge in [0.2, 0.25) is 15.9 Å². The number of sulfonamides is 1. The number of nitrogens with one attached hydrogen (secondary N) is 4. The number of hydrazone groups is 1. The highest BCUT2D eigenvalue weighted by molar-refractivity contribution is 7.89. The molecule has 1 heterocycles. The van der Waals surface area contributed by atoms with Crippen LogP contribution in [0.15, 0.2) is 111 Å². The first kappa shape index (κ1) is 32.3. The smallest absolute Gasteiger partial charge is 0.313 e. The van der Waals surface area contributed by atoms with Crippen molar-refractivity contribution >= 4 is 51.2 Å². The molecule has 0 radical (unpaired) electrons. The number of nitrogens with zero attached hydrogens (tertiary/aromatic N) is 2. The second kappa shape index (κ2) is 15.2. The number of hydrogen-bond donors (Lipinski definition) is 4. The number of benzene rings is 3. The molecule has 0 atom stereocenters. The van der Waals surface area contributed by atoms with Crippen LogP contribution in [0.2, 0.25) is 0 Å². The largest absolute Gasteiger partial charge is 0.458 e. The molecular formula is C31H30N6O7S. The van der Waals surface area contributed by atoms with Gasteiger partial charge in [-0.05, 0) is 54.1 Å². The van der Waals surface area contributed by atoms with Crippen LogP contribution in [0.3, 0.4) is 0 Å². The van der Waals surface area contributed by atoms with E-state index in [0.717, 1.165) is 4.31 Å². The lowest BCUT2D eigenvalue weighted by molar-refractivity contribution is -0.136. The molecular weight excluding hydrogens is 600 g/mol. The van der Waals surface area contributed by atoms with Gasteiger partial charge < -0.3 is 20.4 Å². The van der Waals surface area contributed by atoms with E-state index in [0.29, 0.717) is 22.7 Å². The Morgan fingerprint density at radius 3 is 2.11 bits per heavy atom. The number of carbonyl (C=O) groups is 4. The van der Waals surface area contributed by atoms with Gasteiger partial charge in [0, 0.05) is 24.8 Å². The summed E-state index contributed by atoms with van der Waals surface area (Å²) in [5.74, 6) is -2.12. The van der Waals surface area contributed by atoms with Crippen molar-refractivity contribution in [3.8, 4) is 0 Å². The lowest BCUT2D eigenvalue weighted by atomic mass is 10.2. The summed E-state index contributed by atoms with van der Waals surface area (Å²) < 4.78 is 33.6. The molecule has 14 heteroatoms. The number of carbonyl (C=O) groups excluding carboxylic acids is 4. The minimum absolute atomic E-state index is 0.0587. The summed E-state index contributed by atoms with van der Waals surface area (Å²) >= 11 is 0. The fourth-order valence-electron chi connectivity index (χ4n) is 3.95. The zero-order chi connectivity index (χ0) is 32.2. The molecule has 0 saturated carbocycles. The van der Waals surface area contributed by atoms with Crippen LogP contribution in [0.25, 0.3) is 0 Å². The van der Waals surface area contributed by atoms with Gasteiger partial charge in [0.15, 0.2) is 0 Å².